The molecule has 0 saturated carbocycles. The number of hydrogen-bond acceptors (Lipinski definition) is 5. The van der Waals surface area contributed by atoms with Gasteiger partial charge in [0.05, 0.1) is 12.1 Å². The van der Waals surface area contributed by atoms with Gasteiger partial charge >= 0.3 is 0 Å². The monoisotopic (exact) mass is 445 g/mol. The molecule has 0 spiro atoms. The molecule has 1 aliphatic carbocycles. The summed E-state index contributed by atoms with van der Waals surface area (Å²) in [4.78, 5) is 21.9. The standard InChI is InChI=1S/C27H35N5O/c1-20(2)17-25-23-10-6-9-22(23)24(18-28)27(30-25)32-15-13-31(14-16-32)19-26(33)29-12-11-21-7-4-3-5-8-21/h3-5,7-8,20H,6,9-17,19H2,1-2H3,(H,29,33). The maximum Gasteiger partial charge on any atom is 0.234 e. The molecule has 1 amide bonds. The van der Waals surface area contributed by atoms with E-state index in [1.165, 1.54) is 22.4 Å². The first-order valence-corrected chi connectivity index (χ1v) is 12.3. The van der Waals surface area contributed by atoms with Gasteiger partial charge in [-0.15, -0.1) is 0 Å². The molecule has 0 radical (unpaired) electrons. The number of anilines is 1. The van der Waals surface area contributed by atoms with Gasteiger partial charge in [-0.3, -0.25) is 9.69 Å². The van der Waals surface area contributed by atoms with Crippen molar-refractivity contribution in [3.05, 3.63) is 58.3 Å². The van der Waals surface area contributed by atoms with Gasteiger partial charge in [-0.25, -0.2) is 4.98 Å². The molecule has 1 aromatic carbocycles. The van der Waals surface area contributed by atoms with Crippen LogP contribution in [0.4, 0.5) is 5.82 Å². The number of amides is 1. The Balaban J connectivity index is 1.34. The smallest absolute Gasteiger partial charge is 0.234 e. The highest BCUT2D eigenvalue weighted by molar-refractivity contribution is 5.78. The number of carbonyl (C=O) groups is 1. The molecule has 6 heteroatoms. The summed E-state index contributed by atoms with van der Waals surface area (Å²) in [6.45, 7) is 8.72. The van der Waals surface area contributed by atoms with Crippen molar-refractivity contribution in [3.63, 3.8) is 0 Å². The molecule has 1 aliphatic heterocycles. The van der Waals surface area contributed by atoms with Crippen LogP contribution in [0, 0.1) is 17.2 Å². The third-order valence-electron chi connectivity index (χ3n) is 6.66. The number of rotatable bonds is 8. The fourth-order valence-electron chi connectivity index (χ4n) is 4.99. The van der Waals surface area contributed by atoms with E-state index in [0.29, 0.717) is 19.0 Å². The quantitative estimate of drug-likeness (QED) is 0.676. The molecule has 6 nitrogen and oxygen atoms in total. The molecule has 1 fully saturated rings. The average molecular weight is 446 g/mol. The highest BCUT2D eigenvalue weighted by Crippen LogP contribution is 2.34. The van der Waals surface area contributed by atoms with Gasteiger partial charge in [0, 0.05) is 38.4 Å². The first-order chi connectivity index (χ1) is 16.0. The van der Waals surface area contributed by atoms with Crippen molar-refractivity contribution in [3.8, 4) is 6.07 Å². The summed E-state index contributed by atoms with van der Waals surface area (Å²) < 4.78 is 0. The number of nitrogens with zero attached hydrogens (tertiary/aromatic N) is 4. The minimum absolute atomic E-state index is 0.0759. The Bertz CT molecular complexity index is 1000. The molecule has 1 aromatic heterocycles. The zero-order valence-corrected chi connectivity index (χ0v) is 19.9. The van der Waals surface area contributed by atoms with Gasteiger partial charge < -0.3 is 10.2 Å². The minimum atomic E-state index is 0.0759. The van der Waals surface area contributed by atoms with E-state index in [-0.39, 0.29) is 5.91 Å². The predicted octanol–water partition coefficient (Wildman–Crippen LogP) is 3.12. The lowest BCUT2D eigenvalue weighted by Crippen LogP contribution is -2.50. The molecular weight excluding hydrogens is 410 g/mol. The number of hydrogen-bond donors (Lipinski definition) is 1. The van der Waals surface area contributed by atoms with Crippen LogP contribution in [0.5, 0.6) is 0 Å². The van der Waals surface area contributed by atoms with Crippen molar-refractivity contribution >= 4 is 11.7 Å². The van der Waals surface area contributed by atoms with Gasteiger partial charge in [-0.2, -0.15) is 5.26 Å². The summed E-state index contributed by atoms with van der Waals surface area (Å²) in [5.74, 6) is 1.48. The second kappa shape index (κ2) is 10.8. The van der Waals surface area contributed by atoms with Crippen LogP contribution in [0.25, 0.3) is 0 Å². The molecular formula is C27H35N5O. The van der Waals surface area contributed by atoms with Crippen molar-refractivity contribution < 1.29 is 4.79 Å². The fraction of sp³-hybridized carbons (Fsp3) is 0.519. The molecule has 0 unspecified atom stereocenters. The van der Waals surface area contributed by atoms with Crippen molar-refractivity contribution in [2.75, 3.05) is 44.2 Å². The Labute approximate surface area is 197 Å². The van der Waals surface area contributed by atoms with Gasteiger partial charge in [0.1, 0.15) is 11.9 Å². The van der Waals surface area contributed by atoms with Crippen molar-refractivity contribution in [2.45, 2.75) is 46.0 Å². The van der Waals surface area contributed by atoms with Crippen molar-refractivity contribution in [1.82, 2.24) is 15.2 Å². The van der Waals surface area contributed by atoms with Crippen molar-refractivity contribution in [2.24, 2.45) is 5.92 Å². The number of nitriles is 1. The lowest BCUT2D eigenvalue weighted by molar-refractivity contribution is -0.122. The number of aromatic nitrogens is 1. The molecule has 174 valence electrons. The Hall–Kier alpha value is -2.91. The fourth-order valence-corrected chi connectivity index (χ4v) is 4.99. The minimum Gasteiger partial charge on any atom is -0.355 e. The number of fused-ring (bicyclic) bond motifs is 1. The van der Waals surface area contributed by atoms with Gasteiger partial charge in [0.2, 0.25) is 5.91 Å². The number of nitrogens with one attached hydrogen (secondary N) is 1. The molecule has 0 bridgehead atoms. The van der Waals surface area contributed by atoms with Crippen LogP contribution in [-0.4, -0.2) is 55.1 Å². The molecule has 2 aliphatic rings. The van der Waals surface area contributed by atoms with Crippen LogP contribution in [0.3, 0.4) is 0 Å². The highest BCUT2D eigenvalue weighted by atomic mass is 16.2. The summed E-state index contributed by atoms with van der Waals surface area (Å²) >= 11 is 0. The summed E-state index contributed by atoms with van der Waals surface area (Å²) in [5.41, 5.74) is 5.76. The molecule has 4 rings (SSSR count). The summed E-state index contributed by atoms with van der Waals surface area (Å²) in [5, 5.41) is 13.0. The number of piperazine rings is 1. The number of carbonyl (C=O) groups excluding carboxylic acids is 1. The lowest BCUT2D eigenvalue weighted by atomic mass is 9.97. The Morgan fingerprint density at radius 1 is 1.12 bits per heavy atom. The topological polar surface area (TPSA) is 72.3 Å². The second-order valence-electron chi connectivity index (χ2n) is 9.63. The van der Waals surface area contributed by atoms with E-state index in [9.17, 15) is 10.1 Å². The van der Waals surface area contributed by atoms with Gasteiger partial charge in [0.15, 0.2) is 0 Å². The van der Waals surface area contributed by atoms with Crippen LogP contribution in [-0.2, 0) is 30.5 Å². The summed E-state index contributed by atoms with van der Waals surface area (Å²) in [6.07, 6.45) is 4.96. The molecule has 1 saturated heterocycles. The third kappa shape index (κ3) is 5.72. The zero-order chi connectivity index (χ0) is 23.2. The van der Waals surface area contributed by atoms with Crippen LogP contribution in [0.15, 0.2) is 30.3 Å². The van der Waals surface area contributed by atoms with E-state index in [0.717, 1.165) is 69.7 Å². The second-order valence-corrected chi connectivity index (χ2v) is 9.63. The Morgan fingerprint density at radius 3 is 2.55 bits per heavy atom. The number of benzene rings is 1. The van der Waals surface area contributed by atoms with Crippen LogP contribution >= 0.6 is 0 Å². The van der Waals surface area contributed by atoms with Crippen LogP contribution in [0.2, 0.25) is 0 Å². The van der Waals surface area contributed by atoms with Crippen molar-refractivity contribution in [1.29, 1.82) is 5.26 Å². The van der Waals surface area contributed by atoms with Gasteiger partial charge in [0.25, 0.3) is 0 Å². The van der Waals surface area contributed by atoms with Crippen LogP contribution < -0.4 is 10.2 Å². The van der Waals surface area contributed by atoms with E-state index in [2.05, 4.69) is 47.2 Å². The first kappa shape index (κ1) is 23.3. The SMILES string of the molecule is CC(C)Cc1nc(N2CCN(CC(=O)NCCc3ccccc3)CC2)c(C#N)c2c1CCC2. The van der Waals surface area contributed by atoms with Gasteiger partial charge in [-0.1, -0.05) is 44.2 Å². The lowest BCUT2D eigenvalue weighted by Gasteiger charge is -2.36. The normalized spacial score (nSPS) is 16.0. The van der Waals surface area contributed by atoms with Crippen LogP contribution in [0.1, 0.15) is 48.2 Å². The Morgan fingerprint density at radius 2 is 1.85 bits per heavy atom. The summed E-state index contributed by atoms with van der Waals surface area (Å²) in [7, 11) is 0. The maximum atomic E-state index is 12.4. The van der Waals surface area contributed by atoms with E-state index in [4.69, 9.17) is 4.98 Å². The molecule has 2 aromatic rings. The largest absolute Gasteiger partial charge is 0.355 e. The maximum absolute atomic E-state index is 12.4. The highest BCUT2D eigenvalue weighted by Gasteiger charge is 2.28. The molecule has 1 N–H and O–H groups in total. The molecule has 0 atom stereocenters. The average Bonchev–Trinajstić information content (AvgIpc) is 3.30. The first-order valence-electron chi connectivity index (χ1n) is 12.3. The van der Waals surface area contributed by atoms with E-state index < -0.39 is 0 Å². The number of pyridine rings is 1. The van der Waals surface area contributed by atoms with Gasteiger partial charge in [-0.05, 0) is 54.7 Å². The van der Waals surface area contributed by atoms with E-state index in [1.807, 2.05) is 18.2 Å². The molecule has 2 heterocycles. The zero-order valence-electron chi connectivity index (χ0n) is 19.9. The van der Waals surface area contributed by atoms with E-state index in [1.54, 1.807) is 0 Å². The molecule has 33 heavy (non-hydrogen) atoms. The Kier molecular flexibility index (Phi) is 7.61. The van der Waals surface area contributed by atoms with E-state index >= 15 is 0 Å². The summed E-state index contributed by atoms with van der Waals surface area (Å²) in [6, 6.07) is 12.7. The third-order valence-corrected chi connectivity index (χ3v) is 6.66. The predicted molar refractivity (Wildman–Crippen MR) is 131 cm³/mol.